The van der Waals surface area contributed by atoms with Crippen LogP contribution in [-0.4, -0.2) is 37.2 Å². The summed E-state index contributed by atoms with van der Waals surface area (Å²) < 4.78 is 10.4. The molecule has 1 aliphatic heterocycles. The highest BCUT2D eigenvalue weighted by Crippen LogP contribution is 2.34. The molecule has 18 heavy (non-hydrogen) atoms. The van der Waals surface area contributed by atoms with Crippen molar-refractivity contribution in [3.63, 3.8) is 0 Å². The predicted molar refractivity (Wildman–Crippen MR) is 70.6 cm³/mol. The summed E-state index contributed by atoms with van der Waals surface area (Å²) in [5, 5.41) is 3.36. The number of methoxy groups -OCH3 is 1. The Kier molecular flexibility index (Phi) is 3.38. The van der Waals surface area contributed by atoms with Crippen molar-refractivity contribution >= 4 is 23.3 Å². The van der Waals surface area contributed by atoms with Crippen LogP contribution in [0.15, 0.2) is 18.2 Å². The number of nitrogens with zero attached hydrogens (tertiary/aromatic N) is 1. The predicted octanol–water partition coefficient (Wildman–Crippen LogP) is 1.30. The third kappa shape index (κ3) is 1.99. The lowest BCUT2D eigenvalue weighted by Gasteiger charge is -2.25. The van der Waals surface area contributed by atoms with Crippen LogP contribution in [-0.2, 0) is 4.74 Å². The second-order valence-electron chi connectivity index (χ2n) is 3.88. The van der Waals surface area contributed by atoms with E-state index < -0.39 is 6.23 Å². The molecule has 5 nitrogen and oxygen atoms in total. The summed E-state index contributed by atoms with van der Waals surface area (Å²) in [7, 11) is 5.06. The molecule has 0 aliphatic carbocycles. The quantitative estimate of drug-likeness (QED) is 0.643. The zero-order valence-electron chi connectivity index (χ0n) is 10.4. The first-order valence-corrected chi connectivity index (χ1v) is 5.82. The molecule has 0 radical (unpaired) electrons. The highest BCUT2D eigenvalue weighted by molar-refractivity contribution is 7.80. The first kappa shape index (κ1) is 12.6. The van der Waals surface area contributed by atoms with Gasteiger partial charge >= 0.3 is 5.97 Å². The van der Waals surface area contributed by atoms with Gasteiger partial charge < -0.3 is 19.7 Å². The number of carbonyl (C=O) groups is 1. The lowest BCUT2D eigenvalue weighted by Crippen LogP contribution is -2.37. The van der Waals surface area contributed by atoms with Crippen LogP contribution in [0.4, 0.5) is 0 Å². The number of esters is 1. The van der Waals surface area contributed by atoms with Crippen molar-refractivity contribution < 1.29 is 14.3 Å². The van der Waals surface area contributed by atoms with Crippen molar-refractivity contribution in [2.24, 2.45) is 0 Å². The van der Waals surface area contributed by atoms with Gasteiger partial charge in [0.15, 0.2) is 5.11 Å². The van der Waals surface area contributed by atoms with Gasteiger partial charge in [0.05, 0.1) is 12.7 Å². The number of cyclic esters (lactones) is 1. The van der Waals surface area contributed by atoms with Gasteiger partial charge in [-0.2, -0.15) is 0 Å². The molecule has 1 aliphatic rings. The van der Waals surface area contributed by atoms with Crippen molar-refractivity contribution in [3.8, 4) is 5.75 Å². The molecule has 6 heteroatoms. The van der Waals surface area contributed by atoms with Gasteiger partial charge in [-0.05, 0) is 30.4 Å². The smallest absolute Gasteiger partial charge is 0.340 e. The Bertz CT molecular complexity index is 504. The van der Waals surface area contributed by atoms with Crippen LogP contribution in [0.2, 0.25) is 0 Å². The van der Waals surface area contributed by atoms with Crippen LogP contribution in [0.25, 0.3) is 0 Å². The van der Waals surface area contributed by atoms with Crippen LogP contribution < -0.4 is 10.1 Å². The molecular weight excluding hydrogens is 252 g/mol. The monoisotopic (exact) mass is 266 g/mol. The summed E-state index contributed by atoms with van der Waals surface area (Å²) >= 11 is 5.13. The average molecular weight is 266 g/mol. The van der Waals surface area contributed by atoms with E-state index in [4.69, 9.17) is 21.7 Å². The molecule has 1 aromatic carbocycles. The molecule has 1 aromatic rings. The summed E-state index contributed by atoms with van der Waals surface area (Å²) in [5.74, 6) is 0.268. The number of rotatable bonds is 2. The van der Waals surface area contributed by atoms with E-state index in [-0.39, 0.29) is 5.97 Å². The molecule has 1 atom stereocenters. The maximum absolute atomic E-state index is 11.8. The third-order valence-corrected chi connectivity index (χ3v) is 3.34. The molecule has 1 heterocycles. The highest BCUT2D eigenvalue weighted by Gasteiger charge is 2.34. The zero-order chi connectivity index (χ0) is 13.3. The topological polar surface area (TPSA) is 50.8 Å². The molecule has 0 saturated carbocycles. The zero-order valence-corrected chi connectivity index (χ0v) is 11.2. The van der Waals surface area contributed by atoms with Gasteiger partial charge in [0.1, 0.15) is 5.75 Å². The molecule has 2 rings (SSSR count). The lowest BCUT2D eigenvalue weighted by molar-refractivity contribution is 0.00925. The molecule has 0 bridgehead atoms. The standard InChI is InChI=1S/C12H14N2O3S/c1-13-12(18)14(2)10-8-5-4-7(16-3)6-9(8)11(15)17-10/h4-6,10H,1-3H3,(H,13,18). The van der Waals surface area contributed by atoms with E-state index in [0.29, 0.717) is 16.4 Å². The number of ether oxygens (including phenoxy) is 2. The summed E-state index contributed by atoms with van der Waals surface area (Å²) in [6.07, 6.45) is -0.488. The van der Waals surface area contributed by atoms with Crippen molar-refractivity contribution in [2.45, 2.75) is 6.23 Å². The minimum Gasteiger partial charge on any atom is -0.497 e. The van der Waals surface area contributed by atoms with Gasteiger partial charge in [-0.25, -0.2) is 4.79 Å². The molecule has 0 fully saturated rings. The highest BCUT2D eigenvalue weighted by atomic mass is 32.1. The molecule has 1 N–H and O–H groups in total. The van der Waals surface area contributed by atoms with Gasteiger partial charge in [0, 0.05) is 19.7 Å². The second-order valence-corrected chi connectivity index (χ2v) is 4.26. The SMILES string of the molecule is CNC(=S)N(C)C1OC(=O)c2cc(OC)ccc21. The summed E-state index contributed by atoms with van der Waals surface area (Å²) in [6.45, 7) is 0. The van der Waals surface area contributed by atoms with Gasteiger partial charge in [-0.1, -0.05) is 0 Å². The van der Waals surface area contributed by atoms with E-state index >= 15 is 0 Å². The number of hydrogen-bond donors (Lipinski definition) is 1. The Hall–Kier alpha value is -1.82. The normalized spacial score (nSPS) is 16.8. The number of nitrogens with one attached hydrogen (secondary N) is 1. The minimum absolute atomic E-state index is 0.361. The van der Waals surface area contributed by atoms with Gasteiger partial charge in [0.2, 0.25) is 6.23 Å². The fraction of sp³-hybridized carbons (Fsp3) is 0.333. The van der Waals surface area contributed by atoms with Crippen molar-refractivity contribution in [1.29, 1.82) is 0 Å². The Morgan fingerprint density at radius 3 is 2.89 bits per heavy atom. The largest absolute Gasteiger partial charge is 0.497 e. The van der Waals surface area contributed by atoms with Crippen molar-refractivity contribution in [1.82, 2.24) is 10.2 Å². The summed E-state index contributed by atoms with van der Waals surface area (Å²) in [5.41, 5.74) is 1.31. The van der Waals surface area contributed by atoms with Gasteiger partial charge in [-0.15, -0.1) is 0 Å². The molecule has 96 valence electrons. The Labute approximate surface area is 111 Å². The van der Waals surface area contributed by atoms with E-state index in [9.17, 15) is 4.79 Å². The van der Waals surface area contributed by atoms with Crippen LogP contribution in [0.1, 0.15) is 22.1 Å². The fourth-order valence-electron chi connectivity index (χ4n) is 1.85. The lowest BCUT2D eigenvalue weighted by atomic mass is 10.1. The summed E-state index contributed by atoms with van der Waals surface area (Å²) in [4.78, 5) is 13.5. The van der Waals surface area contributed by atoms with E-state index in [1.807, 2.05) is 6.07 Å². The fourth-order valence-corrected chi connectivity index (χ4v) is 1.95. The maximum Gasteiger partial charge on any atom is 0.340 e. The summed E-state index contributed by atoms with van der Waals surface area (Å²) in [6, 6.07) is 5.29. The van der Waals surface area contributed by atoms with E-state index in [1.165, 1.54) is 0 Å². The molecule has 1 unspecified atom stereocenters. The van der Waals surface area contributed by atoms with Gasteiger partial charge in [0.25, 0.3) is 0 Å². The Morgan fingerprint density at radius 2 is 2.28 bits per heavy atom. The maximum atomic E-state index is 11.8. The van der Waals surface area contributed by atoms with E-state index in [1.54, 1.807) is 38.2 Å². The molecule has 0 saturated heterocycles. The van der Waals surface area contributed by atoms with Crippen LogP contribution >= 0.6 is 12.2 Å². The number of thiocarbonyl (C=S) groups is 1. The second kappa shape index (κ2) is 4.81. The Morgan fingerprint density at radius 1 is 1.56 bits per heavy atom. The number of fused-ring (bicyclic) bond motifs is 1. The van der Waals surface area contributed by atoms with E-state index in [2.05, 4.69) is 5.32 Å². The molecule has 0 amide bonds. The molecular formula is C12H14N2O3S. The van der Waals surface area contributed by atoms with Crippen LogP contribution in [0.3, 0.4) is 0 Å². The molecule has 0 spiro atoms. The number of benzene rings is 1. The average Bonchev–Trinajstić information content (AvgIpc) is 2.73. The minimum atomic E-state index is -0.488. The van der Waals surface area contributed by atoms with Crippen LogP contribution in [0, 0.1) is 0 Å². The van der Waals surface area contributed by atoms with Crippen molar-refractivity contribution in [2.75, 3.05) is 21.2 Å². The van der Waals surface area contributed by atoms with Crippen molar-refractivity contribution in [3.05, 3.63) is 29.3 Å². The van der Waals surface area contributed by atoms with Crippen LogP contribution in [0.5, 0.6) is 5.75 Å². The Balaban J connectivity index is 2.36. The van der Waals surface area contributed by atoms with Gasteiger partial charge in [-0.3, -0.25) is 0 Å². The van der Waals surface area contributed by atoms with E-state index in [0.717, 1.165) is 5.56 Å². The molecule has 0 aromatic heterocycles. The third-order valence-electron chi connectivity index (χ3n) is 2.85. The first-order chi connectivity index (χ1) is 8.58. The number of carbonyl (C=O) groups excluding carboxylic acids is 1. The number of hydrogen-bond acceptors (Lipinski definition) is 4. The first-order valence-electron chi connectivity index (χ1n) is 5.42.